The maximum absolute atomic E-state index is 12.8. The van der Waals surface area contributed by atoms with Gasteiger partial charge in [-0.1, -0.05) is 37.6 Å². The Balaban J connectivity index is 1.56. The lowest BCUT2D eigenvalue weighted by atomic mass is 10.1. The maximum atomic E-state index is 12.8. The first kappa shape index (κ1) is 15.5. The Morgan fingerprint density at radius 2 is 2.08 bits per heavy atom. The molecule has 6 heteroatoms. The third kappa shape index (κ3) is 2.91. The number of nitrogens with zero attached hydrogens (tertiary/aromatic N) is 5. The molecular formula is C19H19N5O. The van der Waals surface area contributed by atoms with Crippen LogP contribution in [0.1, 0.15) is 30.1 Å². The van der Waals surface area contributed by atoms with E-state index in [4.69, 9.17) is 0 Å². The molecular weight excluding hydrogens is 314 g/mol. The molecule has 126 valence electrons. The van der Waals surface area contributed by atoms with E-state index in [1.165, 1.54) is 0 Å². The number of carbonyl (C=O) groups is 1. The zero-order valence-electron chi connectivity index (χ0n) is 14.0. The summed E-state index contributed by atoms with van der Waals surface area (Å²) in [6.07, 6.45) is 11.6. The van der Waals surface area contributed by atoms with Gasteiger partial charge in [0.1, 0.15) is 6.33 Å². The highest BCUT2D eigenvalue weighted by molar-refractivity contribution is 5.95. The highest BCUT2D eigenvalue weighted by atomic mass is 16.2. The molecule has 3 heterocycles. The van der Waals surface area contributed by atoms with Gasteiger partial charge in [-0.15, -0.1) is 10.2 Å². The summed E-state index contributed by atoms with van der Waals surface area (Å²) in [5, 5.41) is 7.74. The lowest BCUT2D eigenvalue weighted by Gasteiger charge is -2.24. The number of rotatable bonds is 4. The van der Waals surface area contributed by atoms with Crippen LogP contribution < -0.4 is 0 Å². The van der Waals surface area contributed by atoms with Gasteiger partial charge in [0, 0.05) is 30.1 Å². The summed E-state index contributed by atoms with van der Waals surface area (Å²) in [6, 6.07) is 7.90. The Bertz CT molecular complexity index is 928. The van der Waals surface area contributed by atoms with Gasteiger partial charge in [-0.2, -0.15) is 0 Å². The Labute approximate surface area is 145 Å². The Kier molecular flexibility index (Phi) is 4.01. The van der Waals surface area contributed by atoms with E-state index in [-0.39, 0.29) is 11.9 Å². The molecule has 2 aromatic heterocycles. The van der Waals surface area contributed by atoms with E-state index in [0.29, 0.717) is 17.9 Å². The fourth-order valence-corrected chi connectivity index (χ4v) is 3.20. The summed E-state index contributed by atoms with van der Waals surface area (Å²) in [5.41, 5.74) is 2.68. The molecule has 0 fully saturated rings. The Hall–Kier alpha value is -3.02. The molecule has 0 saturated carbocycles. The quantitative estimate of drug-likeness (QED) is 0.689. The Morgan fingerprint density at radius 3 is 2.88 bits per heavy atom. The number of benzene rings is 1. The first-order chi connectivity index (χ1) is 12.3. The fraction of sp³-hybridized carbons (Fsp3) is 0.263. The number of aromatic nitrogens is 4. The van der Waals surface area contributed by atoms with Gasteiger partial charge in [0.15, 0.2) is 0 Å². The van der Waals surface area contributed by atoms with Crippen LogP contribution in [0.2, 0.25) is 0 Å². The van der Waals surface area contributed by atoms with Crippen LogP contribution in [0.4, 0.5) is 0 Å². The standard InChI is InChI=1S/C19H19N5O/c1-2-4-17-5-3-10-24(17)18(25)15-8-6-14(7-9-15)16-11-20-19-22-21-13-23(19)12-16/h3,5-9,11-13,17H,2,4,10H2,1H3/t17-/m0/s1. The van der Waals surface area contributed by atoms with Crippen LogP contribution in [0.5, 0.6) is 0 Å². The summed E-state index contributed by atoms with van der Waals surface area (Å²) >= 11 is 0. The first-order valence-electron chi connectivity index (χ1n) is 8.49. The molecule has 0 unspecified atom stereocenters. The smallest absolute Gasteiger partial charge is 0.254 e. The van der Waals surface area contributed by atoms with Crippen molar-refractivity contribution in [2.24, 2.45) is 0 Å². The lowest BCUT2D eigenvalue weighted by molar-refractivity contribution is 0.0744. The van der Waals surface area contributed by atoms with E-state index in [1.807, 2.05) is 35.4 Å². The van der Waals surface area contributed by atoms with Crippen molar-refractivity contribution in [2.75, 3.05) is 6.54 Å². The van der Waals surface area contributed by atoms with E-state index >= 15 is 0 Å². The minimum Gasteiger partial charge on any atom is -0.328 e. The van der Waals surface area contributed by atoms with Crippen molar-refractivity contribution < 1.29 is 4.79 Å². The Morgan fingerprint density at radius 1 is 1.24 bits per heavy atom. The van der Waals surface area contributed by atoms with Gasteiger partial charge in [-0.3, -0.25) is 9.20 Å². The van der Waals surface area contributed by atoms with Crippen molar-refractivity contribution in [3.05, 3.63) is 60.7 Å². The van der Waals surface area contributed by atoms with Crippen LogP contribution in [0.3, 0.4) is 0 Å². The van der Waals surface area contributed by atoms with Crippen LogP contribution in [0, 0.1) is 0 Å². The second-order valence-corrected chi connectivity index (χ2v) is 6.20. The van der Waals surface area contributed by atoms with E-state index in [1.54, 1.807) is 16.9 Å². The zero-order valence-corrected chi connectivity index (χ0v) is 14.0. The monoisotopic (exact) mass is 333 g/mol. The number of hydrogen-bond donors (Lipinski definition) is 0. The number of carbonyl (C=O) groups excluding carboxylic acids is 1. The largest absolute Gasteiger partial charge is 0.328 e. The van der Waals surface area contributed by atoms with Gasteiger partial charge in [-0.05, 0) is 24.1 Å². The van der Waals surface area contributed by atoms with Crippen molar-refractivity contribution >= 4 is 11.7 Å². The normalized spacial score (nSPS) is 16.7. The average molecular weight is 333 g/mol. The molecule has 0 aliphatic carbocycles. The van der Waals surface area contributed by atoms with Gasteiger partial charge in [0.2, 0.25) is 0 Å². The minimum atomic E-state index is 0.0855. The fourth-order valence-electron chi connectivity index (χ4n) is 3.20. The predicted octanol–water partition coefficient (Wildman–Crippen LogP) is 2.97. The van der Waals surface area contributed by atoms with E-state index in [9.17, 15) is 4.79 Å². The van der Waals surface area contributed by atoms with Gasteiger partial charge < -0.3 is 4.90 Å². The molecule has 1 aromatic carbocycles. The van der Waals surface area contributed by atoms with E-state index in [0.717, 1.165) is 24.0 Å². The predicted molar refractivity (Wildman–Crippen MR) is 95.1 cm³/mol. The van der Waals surface area contributed by atoms with Crippen LogP contribution in [-0.4, -0.2) is 43.0 Å². The highest BCUT2D eigenvalue weighted by Crippen LogP contribution is 2.22. The molecule has 0 saturated heterocycles. The summed E-state index contributed by atoms with van der Waals surface area (Å²) in [7, 11) is 0. The highest BCUT2D eigenvalue weighted by Gasteiger charge is 2.24. The third-order valence-electron chi connectivity index (χ3n) is 4.52. The molecule has 0 bridgehead atoms. The molecule has 1 amide bonds. The average Bonchev–Trinajstić information content (AvgIpc) is 3.30. The lowest BCUT2D eigenvalue weighted by Crippen LogP contribution is -2.35. The molecule has 4 rings (SSSR count). The van der Waals surface area contributed by atoms with Crippen molar-refractivity contribution in [1.29, 1.82) is 0 Å². The van der Waals surface area contributed by atoms with Gasteiger partial charge in [-0.25, -0.2) is 4.98 Å². The zero-order chi connectivity index (χ0) is 17.2. The van der Waals surface area contributed by atoms with E-state index in [2.05, 4.69) is 34.3 Å². The second-order valence-electron chi connectivity index (χ2n) is 6.20. The third-order valence-corrected chi connectivity index (χ3v) is 4.52. The van der Waals surface area contributed by atoms with E-state index < -0.39 is 0 Å². The molecule has 0 radical (unpaired) electrons. The minimum absolute atomic E-state index is 0.0855. The van der Waals surface area contributed by atoms with Crippen LogP contribution in [-0.2, 0) is 0 Å². The molecule has 3 aromatic rings. The molecule has 25 heavy (non-hydrogen) atoms. The summed E-state index contributed by atoms with van der Waals surface area (Å²) in [5.74, 6) is 0.654. The maximum Gasteiger partial charge on any atom is 0.254 e. The summed E-state index contributed by atoms with van der Waals surface area (Å²) in [4.78, 5) is 19.0. The van der Waals surface area contributed by atoms with Gasteiger partial charge in [0.25, 0.3) is 11.7 Å². The van der Waals surface area contributed by atoms with Crippen LogP contribution >= 0.6 is 0 Å². The van der Waals surface area contributed by atoms with Crippen LogP contribution in [0.15, 0.2) is 55.1 Å². The number of fused-ring (bicyclic) bond motifs is 1. The molecule has 1 aliphatic heterocycles. The number of hydrogen-bond acceptors (Lipinski definition) is 4. The van der Waals surface area contributed by atoms with Crippen molar-refractivity contribution in [1.82, 2.24) is 24.5 Å². The SMILES string of the molecule is CCC[C@H]1C=CCN1C(=O)c1ccc(-c2cnc3nncn3c2)cc1. The molecule has 0 N–H and O–H groups in total. The van der Waals surface area contributed by atoms with Crippen molar-refractivity contribution in [3.63, 3.8) is 0 Å². The first-order valence-corrected chi connectivity index (χ1v) is 8.49. The molecule has 0 spiro atoms. The summed E-state index contributed by atoms with van der Waals surface area (Å²) in [6.45, 7) is 2.84. The number of amides is 1. The second kappa shape index (κ2) is 6.47. The van der Waals surface area contributed by atoms with Crippen LogP contribution in [0.25, 0.3) is 16.9 Å². The summed E-state index contributed by atoms with van der Waals surface area (Å²) < 4.78 is 1.78. The van der Waals surface area contributed by atoms with Gasteiger partial charge in [0.05, 0.1) is 6.04 Å². The molecule has 1 aliphatic rings. The topological polar surface area (TPSA) is 63.4 Å². The van der Waals surface area contributed by atoms with Crippen molar-refractivity contribution in [3.8, 4) is 11.1 Å². The molecule has 1 atom stereocenters. The van der Waals surface area contributed by atoms with Crippen molar-refractivity contribution in [2.45, 2.75) is 25.8 Å². The van der Waals surface area contributed by atoms with Gasteiger partial charge >= 0.3 is 0 Å². The molecule has 6 nitrogen and oxygen atoms in total.